The van der Waals surface area contributed by atoms with Gasteiger partial charge in [-0.1, -0.05) is 0 Å². The van der Waals surface area contributed by atoms with Crippen molar-refractivity contribution in [3.8, 4) is 0 Å². The normalized spacial score (nSPS) is 11.9. The maximum atomic E-state index is 11.7. The first-order valence-corrected chi connectivity index (χ1v) is 7.58. The van der Waals surface area contributed by atoms with Gasteiger partial charge in [-0.3, -0.25) is 4.68 Å². The molecule has 3 N–H and O–H groups in total. The Kier molecular flexibility index (Phi) is 6.37. The van der Waals surface area contributed by atoms with Gasteiger partial charge >= 0.3 is 12.0 Å². The summed E-state index contributed by atoms with van der Waals surface area (Å²) in [4.78, 5) is 22.7. The number of nitrogens with one attached hydrogen (secondary N) is 2. The van der Waals surface area contributed by atoms with Gasteiger partial charge < -0.3 is 15.7 Å². The van der Waals surface area contributed by atoms with E-state index in [1.165, 1.54) is 0 Å². The number of aromatic nitrogens is 2. The van der Waals surface area contributed by atoms with Gasteiger partial charge in [-0.2, -0.15) is 16.9 Å². The number of rotatable bonds is 7. The molecule has 1 atom stereocenters. The Labute approximate surface area is 122 Å². The lowest BCUT2D eigenvalue weighted by Gasteiger charge is -2.14. The highest BCUT2D eigenvalue weighted by atomic mass is 32.2. The van der Waals surface area contributed by atoms with Crippen LogP contribution < -0.4 is 10.6 Å². The largest absolute Gasteiger partial charge is 0.480 e. The van der Waals surface area contributed by atoms with Crippen molar-refractivity contribution in [3.63, 3.8) is 0 Å². The summed E-state index contributed by atoms with van der Waals surface area (Å²) in [7, 11) is 1.82. The number of carboxylic acid groups (broad SMARTS) is 1. The van der Waals surface area contributed by atoms with Crippen molar-refractivity contribution in [2.45, 2.75) is 25.9 Å². The van der Waals surface area contributed by atoms with E-state index in [9.17, 15) is 9.59 Å². The lowest BCUT2D eigenvalue weighted by atomic mass is 10.2. The minimum Gasteiger partial charge on any atom is -0.480 e. The second kappa shape index (κ2) is 7.78. The number of carboxylic acids is 1. The smallest absolute Gasteiger partial charge is 0.326 e. The van der Waals surface area contributed by atoms with Gasteiger partial charge in [-0.25, -0.2) is 9.59 Å². The molecule has 1 aromatic heterocycles. The molecule has 0 aliphatic rings. The van der Waals surface area contributed by atoms with Gasteiger partial charge in [0.25, 0.3) is 0 Å². The number of aryl methyl sites for hydroxylation is 1. The predicted octanol–water partition coefficient (Wildman–Crippen LogP) is 0.734. The van der Waals surface area contributed by atoms with Crippen LogP contribution in [0.5, 0.6) is 0 Å². The highest BCUT2D eigenvalue weighted by molar-refractivity contribution is 7.98. The van der Waals surface area contributed by atoms with Crippen LogP contribution in [-0.2, 0) is 18.4 Å². The number of aliphatic carboxylic acids is 1. The van der Waals surface area contributed by atoms with Gasteiger partial charge in [0.1, 0.15) is 6.04 Å². The van der Waals surface area contributed by atoms with E-state index < -0.39 is 18.0 Å². The zero-order chi connectivity index (χ0) is 15.1. The van der Waals surface area contributed by atoms with E-state index in [2.05, 4.69) is 15.7 Å². The Bertz CT molecular complexity index is 475. The molecule has 0 saturated heterocycles. The second-order valence-corrected chi connectivity index (χ2v) is 5.36. The summed E-state index contributed by atoms with van der Waals surface area (Å²) in [6.07, 6.45) is 3.97. The summed E-state index contributed by atoms with van der Waals surface area (Å²) < 4.78 is 1.72. The molecule has 0 aliphatic heterocycles. The van der Waals surface area contributed by atoms with E-state index in [1.807, 2.05) is 20.2 Å². The topological polar surface area (TPSA) is 96.3 Å². The molecule has 0 saturated carbocycles. The Morgan fingerprint density at radius 3 is 2.75 bits per heavy atom. The second-order valence-electron chi connectivity index (χ2n) is 4.38. The van der Waals surface area contributed by atoms with Crippen LogP contribution in [0, 0.1) is 6.92 Å². The number of urea groups is 1. The fraction of sp³-hybridized carbons (Fsp3) is 0.583. The van der Waals surface area contributed by atoms with E-state index in [0.29, 0.717) is 18.7 Å². The molecule has 1 rings (SSSR count). The first-order valence-electron chi connectivity index (χ1n) is 6.19. The highest BCUT2D eigenvalue weighted by Gasteiger charge is 2.19. The number of hydrogen-bond donors (Lipinski definition) is 3. The van der Waals surface area contributed by atoms with Crippen LogP contribution in [0.25, 0.3) is 0 Å². The van der Waals surface area contributed by atoms with Crippen LogP contribution in [0.1, 0.15) is 17.7 Å². The third-order valence-electron chi connectivity index (χ3n) is 2.99. The van der Waals surface area contributed by atoms with Crippen molar-refractivity contribution in [1.82, 2.24) is 20.4 Å². The Morgan fingerprint density at radius 2 is 2.25 bits per heavy atom. The number of nitrogens with zero attached hydrogens (tertiary/aromatic N) is 2. The molecule has 1 heterocycles. The minimum atomic E-state index is -1.02. The van der Waals surface area contributed by atoms with E-state index >= 15 is 0 Å². The molecule has 2 amide bonds. The van der Waals surface area contributed by atoms with Gasteiger partial charge in [0.05, 0.1) is 6.20 Å². The van der Waals surface area contributed by atoms with Crippen molar-refractivity contribution < 1.29 is 14.7 Å². The molecule has 0 aromatic carbocycles. The maximum Gasteiger partial charge on any atom is 0.326 e. The first-order chi connectivity index (χ1) is 9.45. The zero-order valence-corrected chi connectivity index (χ0v) is 12.7. The van der Waals surface area contributed by atoms with Crippen LogP contribution in [-0.4, -0.2) is 44.9 Å². The average molecular weight is 300 g/mol. The number of amides is 2. The van der Waals surface area contributed by atoms with Gasteiger partial charge in [0.2, 0.25) is 0 Å². The summed E-state index contributed by atoms with van der Waals surface area (Å²) in [5, 5.41) is 18.2. The summed E-state index contributed by atoms with van der Waals surface area (Å²) in [5.74, 6) is -0.342. The SMILES string of the molecule is CSCCC(NC(=O)NCc1cnn(C)c1C)C(=O)O. The molecule has 8 heteroatoms. The van der Waals surface area contributed by atoms with E-state index in [-0.39, 0.29) is 0 Å². The molecule has 0 radical (unpaired) electrons. The molecular formula is C12H20N4O3S. The van der Waals surface area contributed by atoms with E-state index in [4.69, 9.17) is 5.11 Å². The van der Waals surface area contributed by atoms with Crippen molar-refractivity contribution >= 4 is 23.8 Å². The van der Waals surface area contributed by atoms with Crippen LogP contribution in [0.2, 0.25) is 0 Å². The highest BCUT2D eigenvalue weighted by Crippen LogP contribution is 2.05. The van der Waals surface area contributed by atoms with Crippen molar-refractivity contribution in [2.75, 3.05) is 12.0 Å². The minimum absolute atomic E-state index is 0.320. The number of carbonyl (C=O) groups excluding carboxylic acids is 1. The molecule has 0 bridgehead atoms. The molecule has 7 nitrogen and oxygen atoms in total. The summed E-state index contributed by atoms with van der Waals surface area (Å²) in [6, 6.07) is -1.35. The Hall–Kier alpha value is -1.70. The predicted molar refractivity (Wildman–Crippen MR) is 77.7 cm³/mol. The first kappa shape index (κ1) is 16.4. The lowest BCUT2D eigenvalue weighted by Crippen LogP contribution is -2.46. The van der Waals surface area contributed by atoms with Gasteiger partial charge in [0.15, 0.2) is 0 Å². The zero-order valence-electron chi connectivity index (χ0n) is 11.8. The fourth-order valence-corrected chi connectivity index (χ4v) is 2.07. The number of carbonyl (C=O) groups is 2. The van der Waals surface area contributed by atoms with Crippen LogP contribution in [0.15, 0.2) is 6.20 Å². The van der Waals surface area contributed by atoms with E-state index in [1.54, 1.807) is 22.6 Å². The van der Waals surface area contributed by atoms with Crippen molar-refractivity contribution in [3.05, 3.63) is 17.5 Å². The van der Waals surface area contributed by atoms with Crippen LogP contribution in [0.4, 0.5) is 4.79 Å². The average Bonchev–Trinajstić information content (AvgIpc) is 2.72. The van der Waals surface area contributed by atoms with Crippen molar-refractivity contribution in [2.24, 2.45) is 7.05 Å². The third-order valence-corrected chi connectivity index (χ3v) is 3.63. The van der Waals surface area contributed by atoms with Crippen LogP contribution in [0.3, 0.4) is 0 Å². The Balaban J connectivity index is 2.45. The maximum absolute atomic E-state index is 11.7. The molecule has 112 valence electrons. The fourth-order valence-electron chi connectivity index (χ4n) is 1.60. The molecule has 1 unspecified atom stereocenters. The summed E-state index contributed by atoms with van der Waals surface area (Å²) in [6.45, 7) is 2.22. The van der Waals surface area contributed by atoms with E-state index in [0.717, 1.165) is 11.3 Å². The number of thioether (sulfide) groups is 1. The summed E-state index contributed by atoms with van der Waals surface area (Å²) in [5.41, 5.74) is 1.86. The molecule has 0 aliphatic carbocycles. The summed E-state index contributed by atoms with van der Waals surface area (Å²) >= 11 is 1.54. The van der Waals surface area contributed by atoms with Gasteiger partial charge in [-0.15, -0.1) is 0 Å². The standard InChI is InChI=1S/C12H20N4O3S/c1-8-9(7-14-16(8)2)6-13-12(19)15-10(11(17)18)4-5-20-3/h7,10H,4-6H2,1-3H3,(H,17,18)(H2,13,15,19). The van der Waals surface area contributed by atoms with Gasteiger partial charge in [-0.05, 0) is 25.4 Å². The molecular weight excluding hydrogens is 280 g/mol. The monoisotopic (exact) mass is 300 g/mol. The quantitative estimate of drug-likeness (QED) is 0.690. The number of hydrogen-bond acceptors (Lipinski definition) is 4. The molecule has 0 fully saturated rings. The lowest BCUT2D eigenvalue weighted by molar-refractivity contribution is -0.139. The molecule has 0 spiro atoms. The Morgan fingerprint density at radius 1 is 1.55 bits per heavy atom. The molecule has 20 heavy (non-hydrogen) atoms. The molecule has 1 aromatic rings. The van der Waals surface area contributed by atoms with Crippen LogP contribution >= 0.6 is 11.8 Å². The third kappa shape index (κ3) is 4.76. The van der Waals surface area contributed by atoms with Gasteiger partial charge in [0, 0.05) is 24.8 Å². The van der Waals surface area contributed by atoms with Crippen molar-refractivity contribution in [1.29, 1.82) is 0 Å².